The van der Waals surface area contributed by atoms with E-state index >= 15 is 0 Å². The maximum atomic E-state index is 11.5. The van der Waals surface area contributed by atoms with Crippen molar-refractivity contribution in [3.63, 3.8) is 0 Å². The van der Waals surface area contributed by atoms with Crippen LogP contribution in [0.1, 0.15) is 9.67 Å². The lowest BCUT2D eigenvalue weighted by Gasteiger charge is -2.04. The van der Waals surface area contributed by atoms with E-state index in [1.165, 1.54) is 18.4 Å². The van der Waals surface area contributed by atoms with E-state index in [-0.39, 0.29) is 11.7 Å². The number of phenolic OH excluding ortho intramolecular Hbond substituents is 1. The molecule has 0 aliphatic carbocycles. The first-order valence-electron chi connectivity index (χ1n) is 4.68. The molecule has 1 aromatic carbocycles. The van der Waals surface area contributed by atoms with Crippen LogP contribution >= 0.6 is 11.3 Å². The standard InChI is InChI=1S/C12H10O3S/c1-15-12(14)11-9(6-7-16-11)8-4-2-3-5-10(8)13/h2-7,13H,1H3. The van der Waals surface area contributed by atoms with Crippen LogP contribution in [0.15, 0.2) is 35.7 Å². The third kappa shape index (κ3) is 1.79. The number of rotatable bonds is 2. The Bertz CT molecular complexity index is 516. The Labute approximate surface area is 96.9 Å². The van der Waals surface area contributed by atoms with E-state index in [1.807, 2.05) is 6.07 Å². The molecule has 0 saturated heterocycles. The van der Waals surface area contributed by atoms with Crippen molar-refractivity contribution in [3.8, 4) is 16.9 Å². The van der Waals surface area contributed by atoms with Crippen LogP contribution in [0.4, 0.5) is 0 Å². The fourth-order valence-electron chi connectivity index (χ4n) is 1.47. The molecule has 0 spiro atoms. The van der Waals surface area contributed by atoms with Crippen LogP contribution in [0.5, 0.6) is 5.75 Å². The highest BCUT2D eigenvalue weighted by molar-refractivity contribution is 7.12. The predicted molar refractivity (Wildman–Crippen MR) is 62.8 cm³/mol. The third-order valence-corrected chi connectivity index (χ3v) is 3.12. The van der Waals surface area contributed by atoms with Crippen molar-refractivity contribution < 1.29 is 14.6 Å². The first kappa shape index (κ1) is 10.7. The normalized spacial score (nSPS) is 10.1. The van der Waals surface area contributed by atoms with Crippen molar-refractivity contribution in [2.75, 3.05) is 7.11 Å². The summed E-state index contributed by atoms with van der Waals surface area (Å²) in [6.45, 7) is 0. The van der Waals surface area contributed by atoms with Crippen LogP contribution < -0.4 is 0 Å². The number of benzene rings is 1. The van der Waals surface area contributed by atoms with Gasteiger partial charge < -0.3 is 9.84 Å². The topological polar surface area (TPSA) is 46.5 Å². The van der Waals surface area contributed by atoms with Gasteiger partial charge in [-0.1, -0.05) is 18.2 Å². The van der Waals surface area contributed by atoms with Crippen molar-refractivity contribution in [2.24, 2.45) is 0 Å². The van der Waals surface area contributed by atoms with Crippen molar-refractivity contribution in [1.82, 2.24) is 0 Å². The van der Waals surface area contributed by atoms with Crippen molar-refractivity contribution in [3.05, 3.63) is 40.6 Å². The minimum absolute atomic E-state index is 0.158. The van der Waals surface area contributed by atoms with E-state index < -0.39 is 0 Å². The van der Waals surface area contributed by atoms with Crippen LogP contribution in [0, 0.1) is 0 Å². The van der Waals surface area contributed by atoms with E-state index in [1.54, 1.807) is 29.6 Å². The summed E-state index contributed by atoms with van der Waals surface area (Å²) in [6, 6.07) is 8.71. The van der Waals surface area contributed by atoms with Gasteiger partial charge in [0.15, 0.2) is 0 Å². The fraction of sp³-hybridized carbons (Fsp3) is 0.0833. The number of carbonyl (C=O) groups is 1. The highest BCUT2D eigenvalue weighted by atomic mass is 32.1. The Morgan fingerprint density at radius 3 is 2.69 bits per heavy atom. The van der Waals surface area contributed by atoms with Gasteiger partial charge in [-0.15, -0.1) is 11.3 Å². The molecular formula is C12H10O3S. The minimum atomic E-state index is -0.381. The molecule has 0 aliphatic heterocycles. The van der Waals surface area contributed by atoms with Gasteiger partial charge in [-0.05, 0) is 17.5 Å². The van der Waals surface area contributed by atoms with Crippen molar-refractivity contribution in [2.45, 2.75) is 0 Å². The molecule has 82 valence electrons. The fourth-order valence-corrected chi connectivity index (χ4v) is 2.30. The summed E-state index contributed by atoms with van der Waals surface area (Å²) in [5, 5.41) is 11.5. The van der Waals surface area contributed by atoms with Crippen molar-refractivity contribution >= 4 is 17.3 Å². The van der Waals surface area contributed by atoms with Gasteiger partial charge >= 0.3 is 5.97 Å². The summed E-state index contributed by atoms with van der Waals surface area (Å²) in [6.07, 6.45) is 0. The molecule has 0 amide bonds. The summed E-state index contributed by atoms with van der Waals surface area (Å²) in [5.74, 6) is -0.223. The summed E-state index contributed by atoms with van der Waals surface area (Å²) in [7, 11) is 1.34. The molecule has 1 N–H and O–H groups in total. The highest BCUT2D eigenvalue weighted by Crippen LogP contribution is 2.34. The molecule has 0 radical (unpaired) electrons. The SMILES string of the molecule is COC(=O)c1sccc1-c1ccccc1O. The predicted octanol–water partition coefficient (Wildman–Crippen LogP) is 2.91. The minimum Gasteiger partial charge on any atom is -0.507 e. The average molecular weight is 234 g/mol. The Morgan fingerprint density at radius 1 is 1.25 bits per heavy atom. The smallest absolute Gasteiger partial charge is 0.348 e. The third-order valence-electron chi connectivity index (χ3n) is 2.23. The summed E-state index contributed by atoms with van der Waals surface area (Å²) in [4.78, 5) is 12.0. The first-order valence-corrected chi connectivity index (χ1v) is 5.56. The number of para-hydroxylation sites is 1. The van der Waals surface area contributed by atoms with Gasteiger partial charge in [-0.2, -0.15) is 0 Å². The molecular weight excluding hydrogens is 224 g/mol. The summed E-state index contributed by atoms with van der Waals surface area (Å²) < 4.78 is 4.69. The van der Waals surface area contributed by atoms with Crippen molar-refractivity contribution in [1.29, 1.82) is 0 Å². The van der Waals surface area contributed by atoms with Crippen LogP contribution in [-0.2, 0) is 4.74 Å². The number of carbonyl (C=O) groups excluding carboxylic acids is 1. The number of esters is 1. The number of aromatic hydroxyl groups is 1. The lowest BCUT2D eigenvalue weighted by Crippen LogP contribution is -1.99. The number of hydrogen-bond donors (Lipinski definition) is 1. The van der Waals surface area contributed by atoms with Gasteiger partial charge in [-0.3, -0.25) is 0 Å². The molecule has 0 aliphatic rings. The maximum Gasteiger partial charge on any atom is 0.348 e. The summed E-state index contributed by atoms with van der Waals surface area (Å²) >= 11 is 1.30. The second-order valence-corrected chi connectivity index (χ2v) is 4.09. The Morgan fingerprint density at radius 2 is 2.00 bits per heavy atom. The van der Waals surface area contributed by atoms with Gasteiger partial charge in [0, 0.05) is 11.1 Å². The van der Waals surface area contributed by atoms with Gasteiger partial charge in [-0.25, -0.2) is 4.79 Å². The van der Waals surface area contributed by atoms with Crippen LogP contribution in [0.3, 0.4) is 0 Å². The zero-order valence-electron chi connectivity index (χ0n) is 8.64. The molecule has 0 fully saturated rings. The molecule has 1 aromatic heterocycles. The number of methoxy groups -OCH3 is 1. The largest absolute Gasteiger partial charge is 0.507 e. The molecule has 0 bridgehead atoms. The Balaban J connectivity index is 2.53. The van der Waals surface area contributed by atoms with Gasteiger partial charge in [0.1, 0.15) is 10.6 Å². The number of thiophene rings is 1. The van der Waals surface area contributed by atoms with Crippen LogP contribution in [0.2, 0.25) is 0 Å². The molecule has 16 heavy (non-hydrogen) atoms. The maximum absolute atomic E-state index is 11.5. The highest BCUT2D eigenvalue weighted by Gasteiger charge is 2.16. The van der Waals surface area contributed by atoms with E-state index in [9.17, 15) is 9.90 Å². The molecule has 3 nitrogen and oxygen atoms in total. The lowest BCUT2D eigenvalue weighted by molar-refractivity contribution is 0.0607. The van der Waals surface area contributed by atoms with E-state index in [2.05, 4.69) is 4.74 Å². The quantitative estimate of drug-likeness (QED) is 0.813. The van der Waals surface area contributed by atoms with Crippen LogP contribution in [0.25, 0.3) is 11.1 Å². The molecule has 2 rings (SSSR count). The lowest BCUT2D eigenvalue weighted by atomic mass is 10.1. The van der Waals surface area contributed by atoms with Gasteiger partial charge in [0.05, 0.1) is 7.11 Å². The van der Waals surface area contributed by atoms with E-state index in [0.717, 1.165) is 0 Å². The number of phenols is 1. The summed E-state index contributed by atoms with van der Waals surface area (Å²) in [5.41, 5.74) is 1.35. The molecule has 0 saturated carbocycles. The van der Waals surface area contributed by atoms with E-state index in [4.69, 9.17) is 0 Å². The molecule has 1 heterocycles. The zero-order valence-corrected chi connectivity index (χ0v) is 9.45. The second-order valence-electron chi connectivity index (χ2n) is 3.17. The Kier molecular flexibility index (Phi) is 2.92. The zero-order chi connectivity index (χ0) is 11.5. The molecule has 2 aromatic rings. The molecule has 0 atom stereocenters. The van der Waals surface area contributed by atoms with Gasteiger partial charge in [0.2, 0.25) is 0 Å². The molecule has 4 heteroatoms. The molecule has 0 unspecified atom stereocenters. The first-order chi connectivity index (χ1) is 7.74. The Hall–Kier alpha value is -1.81. The van der Waals surface area contributed by atoms with Crippen LogP contribution in [-0.4, -0.2) is 18.2 Å². The van der Waals surface area contributed by atoms with E-state index in [0.29, 0.717) is 16.0 Å². The second kappa shape index (κ2) is 4.37. The monoisotopic (exact) mass is 234 g/mol. The number of ether oxygens (including phenoxy) is 1. The number of hydrogen-bond acceptors (Lipinski definition) is 4. The van der Waals surface area contributed by atoms with Gasteiger partial charge in [0.25, 0.3) is 0 Å². The average Bonchev–Trinajstić information content (AvgIpc) is 2.77.